The molecule has 2 atom stereocenters. The van der Waals surface area contributed by atoms with Crippen LogP contribution in [-0.4, -0.2) is 40.9 Å². The molecule has 6 rings (SSSR count). The molecule has 2 fully saturated rings. The van der Waals surface area contributed by atoms with E-state index in [4.69, 9.17) is 4.74 Å². The van der Waals surface area contributed by atoms with Crippen LogP contribution in [0.25, 0.3) is 10.8 Å². The summed E-state index contributed by atoms with van der Waals surface area (Å²) >= 11 is 0. The van der Waals surface area contributed by atoms with Crippen molar-refractivity contribution in [3.8, 4) is 5.75 Å². The van der Waals surface area contributed by atoms with Gasteiger partial charge in [0.15, 0.2) is 0 Å². The molecule has 4 aromatic carbocycles. The topological polar surface area (TPSA) is 32.8 Å². The Hall–Kier alpha value is -3.84. The SMILES string of the molecule is CN(Cc1ccc(C(=O)N2[C@H]3CC[C@H]2CC(Oc2cccc(C(F)(F)F)c2)C3)cc1)Cc1cccc2ccccc12. The van der Waals surface area contributed by atoms with Gasteiger partial charge in [0.1, 0.15) is 11.9 Å². The first-order chi connectivity index (χ1) is 19.7. The lowest BCUT2D eigenvalue weighted by Gasteiger charge is -2.39. The van der Waals surface area contributed by atoms with Crippen molar-refractivity contribution < 1.29 is 22.7 Å². The third-order valence-corrected chi connectivity index (χ3v) is 8.36. The van der Waals surface area contributed by atoms with Crippen LogP contribution in [0.2, 0.25) is 0 Å². The number of hydrogen-bond donors (Lipinski definition) is 0. The molecule has 4 aromatic rings. The van der Waals surface area contributed by atoms with Gasteiger partial charge in [-0.3, -0.25) is 9.69 Å². The number of rotatable bonds is 7. The predicted molar refractivity (Wildman–Crippen MR) is 154 cm³/mol. The number of halogens is 3. The zero-order valence-electron chi connectivity index (χ0n) is 23.0. The molecular formula is C34H33F3N2O2. The largest absolute Gasteiger partial charge is 0.490 e. The van der Waals surface area contributed by atoms with Gasteiger partial charge in [0.2, 0.25) is 0 Å². The first-order valence-electron chi connectivity index (χ1n) is 14.2. The van der Waals surface area contributed by atoms with Gasteiger partial charge in [0.05, 0.1) is 5.56 Å². The molecule has 4 nitrogen and oxygen atoms in total. The van der Waals surface area contributed by atoms with Gasteiger partial charge in [-0.05, 0) is 72.1 Å². The van der Waals surface area contributed by atoms with E-state index in [1.807, 2.05) is 29.2 Å². The summed E-state index contributed by atoms with van der Waals surface area (Å²) in [5, 5.41) is 2.50. The molecule has 0 N–H and O–H groups in total. The summed E-state index contributed by atoms with van der Waals surface area (Å²) in [5.74, 6) is 0.246. The molecule has 2 heterocycles. The third-order valence-electron chi connectivity index (χ3n) is 8.36. The number of amides is 1. The number of benzene rings is 4. The molecule has 0 saturated carbocycles. The minimum Gasteiger partial charge on any atom is -0.490 e. The monoisotopic (exact) mass is 558 g/mol. The first-order valence-corrected chi connectivity index (χ1v) is 14.2. The second-order valence-corrected chi connectivity index (χ2v) is 11.3. The number of carbonyl (C=O) groups is 1. The van der Waals surface area contributed by atoms with Crippen molar-refractivity contribution in [2.45, 2.75) is 63.1 Å². The average molecular weight is 559 g/mol. The minimum absolute atomic E-state index is 0.0191. The summed E-state index contributed by atoms with van der Waals surface area (Å²) in [4.78, 5) is 17.8. The van der Waals surface area contributed by atoms with Gasteiger partial charge in [-0.15, -0.1) is 0 Å². The van der Waals surface area contributed by atoms with Crippen LogP contribution in [0.5, 0.6) is 5.75 Å². The highest BCUT2D eigenvalue weighted by molar-refractivity contribution is 5.95. The molecule has 0 radical (unpaired) electrons. The fourth-order valence-corrected chi connectivity index (χ4v) is 6.48. The lowest BCUT2D eigenvalue weighted by atomic mass is 9.98. The van der Waals surface area contributed by atoms with Crippen molar-refractivity contribution in [1.29, 1.82) is 0 Å². The smallest absolute Gasteiger partial charge is 0.416 e. The molecule has 2 aliphatic rings. The van der Waals surface area contributed by atoms with E-state index >= 15 is 0 Å². The molecule has 2 bridgehead atoms. The van der Waals surface area contributed by atoms with E-state index in [1.165, 1.54) is 22.4 Å². The lowest BCUT2D eigenvalue weighted by molar-refractivity contribution is -0.137. The maximum absolute atomic E-state index is 13.5. The fourth-order valence-electron chi connectivity index (χ4n) is 6.48. The van der Waals surface area contributed by atoms with Gasteiger partial charge >= 0.3 is 6.18 Å². The maximum Gasteiger partial charge on any atom is 0.416 e. The number of nitrogens with zero attached hydrogens (tertiary/aromatic N) is 2. The van der Waals surface area contributed by atoms with Gasteiger partial charge in [0, 0.05) is 43.6 Å². The Balaban J connectivity index is 1.07. The number of ether oxygens (including phenoxy) is 1. The molecule has 0 spiro atoms. The highest BCUT2D eigenvalue weighted by Gasteiger charge is 2.44. The van der Waals surface area contributed by atoms with Crippen LogP contribution in [-0.2, 0) is 19.3 Å². The van der Waals surface area contributed by atoms with E-state index in [0.29, 0.717) is 18.4 Å². The highest BCUT2D eigenvalue weighted by Crippen LogP contribution is 2.39. The summed E-state index contributed by atoms with van der Waals surface area (Å²) in [6.45, 7) is 1.59. The maximum atomic E-state index is 13.5. The predicted octanol–water partition coefficient (Wildman–Crippen LogP) is 7.71. The van der Waals surface area contributed by atoms with Crippen LogP contribution in [0.15, 0.2) is 91.0 Å². The van der Waals surface area contributed by atoms with Crippen LogP contribution in [0.4, 0.5) is 13.2 Å². The van der Waals surface area contributed by atoms with Crippen molar-refractivity contribution in [1.82, 2.24) is 9.80 Å². The zero-order valence-corrected chi connectivity index (χ0v) is 23.0. The van der Waals surface area contributed by atoms with Crippen LogP contribution in [0.1, 0.15) is 52.7 Å². The molecule has 0 unspecified atom stereocenters. The molecule has 1 amide bonds. The fraction of sp³-hybridized carbons (Fsp3) is 0.324. The van der Waals surface area contributed by atoms with E-state index in [9.17, 15) is 18.0 Å². The van der Waals surface area contributed by atoms with Gasteiger partial charge in [-0.25, -0.2) is 0 Å². The molecule has 0 aliphatic carbocycles. The number of fused-ring (bicyclic) bond motifs is 3. The van der Waals surface area contributed by atoms with E-state index in [1.54, 1.807) is 6.07 Å². The average Bonchev–Trinajstić information content (AvgIpc) is 3.23. The summed E-state index contributed by atoms with van der Waals surface area (Å²) in [5.41, 5.74) is 2.38. The summed E-state index contributed by atoms with van der Waals surface area (Å²) in [6, 6.07) is 27.8. The first kappa shape index (κ1) is 27.3. The van der Waals surface area contributed by atoms with Crippen LogP contribution < -0.4 is 4.74 Å². The van der Waals surface area contributed by atoms with Crippen molar-refractivity contribution in [3.05, 3.63) is 113 Å². The van der Waals surface area contributed by atoms with Crippen LogP contribution in [0.3, 0.4) is 0 Å². The normalized spacial score (nSPS) is 20.5. The van der Waals surface area contributed by atoms with E-state index in [-0.39, 0.29) is 29.8 Å². The van der Waals surface area contributed by atoms with Gasteiger partial charge < -0.3 is 9.64 Å². The lowest BCUT2D eigenvalue weighted by Crippen LogP contribution is -2.49. The van der Waals surface area contributed by atoms with Crippen molar-refractivity contribution >= 4 is 16.7 Å². The molecule has 7 heteroatoms. The summed E-state index contributed by atoms with van der Waals surface area (Å²) < 4.78 is 45.3. The Morgan fingerprint density at radius 1 is 0.878 bits per heavy atom. The molecular weight excluding hydrogens is 525 g/mol. The van der Waals surface area contributed by atoms with Gasteiger partial charge in [-0.1, -0.05) is 60.7 Å². The highest BCUT2D eigenvalue weighted by atomic mass is 19.4. The van der Waals surface area contributed by atoms with Crippen molar-refractivity contribution in [2.24, 2.45) is 0 Å². The standard InChI is InChI=1S/C34H33F3N2O2/c1-38(22-26-8-4-7-24-6-2-3-11-32(24)26)21-23-12-14-25(15-13-23)33(40)39-28-16-17-29(39)20-31(19-28)41-30-10-5-9-27(18-30)34(35,36)37/h2-15,18,28-29,31H,16-17,19-22H2,1H3/t28-,29-/m0/s1. The van der Waals surface area contributed by atoms with Crippen LogP contribution >= 0.6 is 0 Å². The molecule has 41 heavy (non-hydrogen) atoms. The number of hydrogen-bond acceptors (Lipinski definition) is 3. The number of piperidine rings is 1. The quantitative estimate of drug-likeness (QED) is 0.233. The molecule has 212 valence electrons. The summed E-state index contributed by atoms with van der Waals surface area (Å²) in [7, 11) is 2.10. The van der Waals surface area contributed by atoms with Gasteiger partial charge in [0.25, 0.3) is 5.91 Å². The van der Waals surface area contributed by atoms with E-state index < -0.39 is 11.7 Å². The Bertz CT molecular complexity index is 1520. The van der Waals surface area contributed by atoms with Crippen molar-refractivity contribution in [2.75, 3.05) is 7.05 Å². The second kappa shape index (κ2) is 11.2. The van der Waals surface area contributed by atoms with Crippen molar-refractivity contribution in [3.63, 3.8) is 0 Å². The Morgan fingerprint density at radius 2 is 1.56 bits per heavy atom. The zero-order chi connectivity index (χ0) is 28.6. The molecule has 0 aromatic heterocycles. The minimum atomic E-state index is -4.41. The van der Waals surface area contributed by atoms with Gasteiger partial charge in [-0.2, -0.15) is 13.2 Å². The Labute approximate surface area is 238 Å². The van der Waals surface area contributed by atoms with E-state index in [0.717, 1.165) is 43.6 Å². The van der Waals surface area contributed by atoms with E-state index in [2.05, 4.69) is 54.4 Å². The molecule has 2 saturated heterocycles. The second-order valence-electron chi connectivity index (χ2n) is 11.3. The number of alkyl halides is 3. The number of carbonyl (C=O) groups excluding carboxylic acids is 1. The van der Waals surface area contributed by atoms with Crippen LogP contribution in [0, 0.1) is 0 Å². The Morgan fingerprint density at radius 3 is 2.29 bits per heavy atom. The third kappa shape index (κ3) is 5.96. The Kier molecular flexibility index (Phi) is 7.47. The molecule has 2 aliphatic heterocycles. The summed E-state index contributed by atoms with van der Waals surface area (Å²) in [6.07, 6.45) is -1.60.